The number of nitrogens with one attached hydrogen (secondary N) is 1. The number of hydrogen-bond acceptors (Lipinski definition) is 3. The molecule has 27 heavy (non-hydrogen) atoms. The monoisotopic (exact) mass is 397 g/mol. The number of aliphatic carboxylic acids is 1. The number of hydrogen-bond donors (Lipinski definition) is 3. The van der Waals surface area contributed by atoms with E-state index in [-0.39, 0.29) is 5.91 Å². The van der Waals surface area contributed by atoms with E-state index < -0.39 is 12.0 Å². The Kier molecular flexibility index (Phi) is 18.6. The summed E-state index contributed by atoms with van der Waals surface area (Å²) in [5.74, 6) is -0.715. The van der Waals surface area contributed by atoms with Crippen molar-refractivity contribution in [1.29, 1.82) is 0 Å². The molecular formula is C22H39NO3S. The van der Waals surface area contributed by atoms with Crippen molar-refractivity contribution in [3.05, 3.63) is 24.3 Å². The summed E-state index contributed by atoms with van der Waals surface area (Å²) in [5.41, 5.74) is 0. The maximum Gasteiger partial charge on any atom is 0.326 e. The fourth-order valence-electron chi connectivity index (χ4n) is 2.75. The molecule has 0 aromatic carbocycles. The molecule has 0 aromatic heterocycles. The molecule has 0 bridgehead atoms. The molecule has 1 amide bonds. The first-order valence-electron chi connectivity index (χ1n) is 10.5. The minimum absolute atomic E-state index is 0.171. The number of carboxylic acid groups (broad SMARTS) is 1. The van der Waals surface area contributed by atoms with Crippen LogP contribution in [0, 0.1) is 0 Å². The van der Waals surface area contributed by atoms with Crippen LogP contribution in [-0.2, 0) is 9.59 Å². The highest BCUT2D eigenvalue weighted by Crippen LogP contribution is 2.08. The van der Waals surface area contributed by atoms with Crippen molar-refractivity contribution in [2.24, 2.45) is 0 Å². The molecule has 4 nitrogen and oxygen atoms in total. The van der Waals surface area contributed by atoms with Crippen LogP contribution in [0.25, 0.3) is 0 Å². The van der Waals surface area contributed by atoms with Crippen LogP contribution in [0.4, 0.5) is 0 Å². The SMILES string of the molecule is CCCCC/C=C\C/C=C\CCCCCCCC(=O)N[C@@H](CCS)C(=O)O. The molecule has 0 unspecified atom stereocenters. The fourth-order valence-corrected chi connectivity index (χ4v) is 3.01. The molecule has 0 rings (SSSR count). The zero-order chi connectivity index (χ0) is 20.2. The predicted octanol–water partition coefficient (Wildman–Crippen LogP) is 5.69. The molecule has 0 aliphatic carbocycles. The van der Waals surface area contributed by atoms with Crippen LogP contribution in [0.15, 0.2) is 24.3 Å². The Morgan fingerprint density at radius 3 is 2.11 bits per heavy atom. The minimum Gasteiger partial charge on any atom is -0.480 e. The van der Waals surface area contributed by atoms with Crippen molar-refractivity contribution in [1.82, 2.24) is 5.32 Å². The summed E-state index contributed by atoms with van der Waals surface area (Å²) < 4.78 is 0. The van der Waals surface area contributed by atoms with Gasteiger partial charge in [-0.1, -0.05) is 63.3 Å². The van der Waals surface area contributed by atoms with E-state index in [1.807, 2.05) is 0 Å². The Bertz CT molecular complexity index is 435. The molecule has 0 saturated carbocycles. The summed E-state index contributed by atoms with van der Waals surface area (Å²) in [7, 11) is 0. The van der Waals surface area contributed by atoms with Gasteiger partial charge in [0.2, 0.25) is 5.91 Å². The van der Waals surface area contributed by atoms with Crippen molar-refractivity contribution in [3.63, 3.8) is 0 Å². The van der Waals surface area contributed by atoms with Gasteiger partial charge in [0.05, 0.1) is 0 Å². The molecule has 156 valence electrons. The number of carbonyl (C=O) groups excluding carboxylic acids is 1. The van der Waals surface area contributed by atoms with E-state index >= 15 is 0 Å². The first-order valence-corrected chi connectivity index (χ1v) is 11.2. The van der Waals surface area contributed by atoms with Crippen molar-refractivity contribution < 1.29 is 14.7 Å². The number of allylic oxidation sites excluding steroid dienone is 4. The summed E-state index contributed by atoms with van der Waals surface area (Å²) in [4.78, 5) is 22.7. The molecule has 0 fully saturated rings. The third-order valence-electron chi connectivity index (χ3n) is 4.41. The van der Waals surface area contributed by atoms with Crippen LogP contribution < -0.4 is 5.32 Å². The molecule has 0 aromatic rings. The van der Waals surface area contributed by atoms with Gasteiger partial charge in [0, 0.05) is 6.42 Å². The number of rotatable bonds is 18. The van der Waals surface area contributed by atoms with Crippen LogP contribution in [0.5, 0.6) is 0 Å². The van der Waals surface area contributed by atoms with E-state index in [0.29, 0.717) is 18.6 Å². The Hall–Kier alpha value is -1.23. The number of carbonyl (C=O) groups is 2. The molecule has 0 radical (unpaired) electrons. The average molecular weight is 398 g/mol. The van der Waals surface area contributed by atoms with Gasteiger partial charge in [-0.2, -0.15) is 12.6 Å². The average Bonchev–Trinajstić information content (AvgIpc) is 2.64. The summed E-state index contributed by atoms with van der Waals surface area (Å²) in [5, 5.41) is 11.6. The molecule has 0 spiro atoms. The number of amides is 1. The third kappa shape index (κ3) is 17.9. The number of carboxylic acids is 1. The van der Waals surface area contributed by atoms with Crippen molar-refractivity contribution in [2.75, 3.05) is 5.75 Å². The maximum atomic E-state index is 11.8. The smallest absolute Gasteiger partial charge is 0.326 e. The zero-order valence-electron chi connectivity index (χ0n) is 17.0. The van der Waals surface area contributed by atoms with Crippen LogP contribution in [0.1, 0.15) is 90.4 Å². The van der Waals surface area contributed by atoms with Crippen LogP contribution >= 0.6 is 12.6 Å². The van der Waals surface area contributed by atoms with E-state index in [4.69, 9.17) is 5.11 Å². The fraction of sp³-hybridized carbons (Fsp3) is 0.727. The van der Waals surface area contributed by atoms with Gasteiger partial charge in [-0.25, -0.2) is 4.79 Å². The Morgan fingerprint density at radius 2 is 1.52 bits per heavy atom. The summed E-state index contributed by atoms with van der Waals surface area (Å²) in [6.45, 7) is 2.23. The topological polar surface area (TPSA) is 66.4 Å². The largest absolute Gasteiger partial charge is 0.480 e. The normalized spacial score (nSPS) is 12.7. The standard InChI is InChI=1S/C22H39NO3S/c1-2-3-4-5-6-7-8-9-10-11-12-13-14-15-16-17-21(24)23-20(18-19-27)22(25)26/h6-7,9-10,20,27H,2-5,8,11-19H2,1H3,(H,23,24)(H,25,26)/b7-6-,10-9-/t20-/m0/s1. The molecule has 0 aliphatic rings. The summed E-state index contributed by atoms with van der Waals surface area (Å²) in [6.07, 6.45) is 22.4. The van der Waals surface area contributed by atoms with Crippen LogP contribution in [0.3, 0.4) is 0 Å². The van der Waals surface area contributed by atoms with Gasteiger partial charge in [0.15, 0.2) is 0 Å². The van der Waals surface area contributed by atoms with Gasteiger partial charge in [-0.05, 0) is 50.7 Å². The van der Waals surface area contributed by atoms with Crippen LogP contribution in [-0.4, -0.2) is 28.8 Å². The quantitative estimate of drug-likeness (QED) is 0.158. The Morgan fingerprint density at radius 1 is 0.926 bits per heavy atom. The van der Waals surface area contributed by atoms with Crippen LogP contribution in [0.2, 0.25) is 0 Å². The van der Waals surface area contributed by atoms with Gasteiger partial charge in [-0.3, -0.25) is 4.79 Å². The highest BCUT2D eigenvalue weighted by atomic mass is 32.1. The Balaban J connectivity index is 3.49. The first-order chi connectivity index (χ1) is 13.1. The van der Waals surface area contributed by atoms with E-state index in [1.165, 1.54) is 38.5 Å². The highest BCUT2D eigenvalue weighted by molar-refractivity contribution is 7.80. The van der Waals surface area contributed by atoms with Gasteiger partial charge in [0.1, 0.15) is 6.04 Å². The number of thiol groups is 1. The maximum absolute atomic E-state index is 11.8. The lowest BCUT2D eigenvalue weighted by molar-refractivity contribution is -0.141. The second kappa shape index (κ2) is 19.5. The predicted molar refractivity (Wildman–Crippen MR) is 117 cm³/mol. The molecule has 2 N–H and O–H groups in total. The molecule has 1 atom stereocenters. The lowest BCUT2D eigenvalue weighted by Gasteiger charge is -2.13. The minimum atomic E-state index is -0.988. The van der Waals surface area contributed by atoms with E-state index in [2.05, 4.69) is 49.2 Å². The lowest BCUT2D eigenvalue weighted by Crippen LogP contribution is -2.40. The van der Waals surface area contributed by atoms with E-state index in [9.17, 15) is 9.59 Å². The van der Waals surface area contributed by atoms with Gasteiger partial charge >= 0.3 is 5.97 Å². The molecule has 0 aliphatic heterocycles. The zero-order valence-corrected chi connectivity index (χ0v) is 17.9. The lowest BCUT2D eigenvalue weighted by atomic mass is 10.1. The van der Waals surface area contributed by atoms with Crippen molar-refractivity contribution >= 4 is 24.5 Å². The number of unbranched alkanes of at least 4 members (excludes halogenated alkanes) is 8. The first kappa shape index (κ1) is 25.8. The van der Waals surface area contributed by atoms with Gasteiger partial charge in [-0.15, -0.1) is 0 Å². The van der Waals surface area contributed by atoms with Crippen molar-refractivity contribution in [2.45, 2.75) is 96.4 Å². The summed E-state index contributed by atoms with van der Waals surface area (Å²) >= 11 is 4.02. The highest BCUT2D eigenvalue weighted by Gasteiger charge is 2.18. The van der Waals surface area contributed by atoms with Gasteiger partial charge in [0.25, 0.3) is 0 Å². The second-order valence-corrected chi connectivity index (χ2v) is 7.40. The molecule has 0 saturated heterocycles. The molecular weight excluding hydrogens is 358 g/mol. The van der Waals surface area contributed by atoms with E-state index in [0.717, 1.165) is 32.1 Å². The van der Waals surface area contributed by atoms with Gasteiger partial charge < -0.3 is 10.4 Å². The second-order valence-electron chi connectivity index (χ2n) is 6.95. The Labute approximate surface area is 171 Å². The summed E-state index contributed by atoms with van der Waals surface area (Å²) in [6, 6.07) is -0.812. The van der Waals surface area contributed by atoms with E-state index in [1.54, 1.807) is 0 Å². The third-order valence-corrected chi connectivity index (χ3v) is 4.66. The molecule has 5 heteroatoms. The molecule has 0 heterocycles. The van der Waals surface area contributed by atoms with Crippen molar-refractivity contribution in [3.8, 4) is 0 Å².